The van der Waals surface area contributed by atoms with E-state index in [0.717, 1.165) is 42.9 Å². The molecule has 2 heterocycles. The average molecular weight is 379 g/mol. The topological polar surface area (TPSA) is 60.7 Å². The van der Waals surface area contributed by atoms with Gasteiger partial charge in [-0.3, -0.25) is 10.1 Å². The van der Waals surface area contributed by atoms with Crippen molar-refractivity contribution < 1.29 is 18.6 Å². The summed E-state index contributed by atoms with van der Waals surface area (Å²) in [5.41, 5.74) is 3.23. The zero-order chi connectivity index (χ0) is 19.5. The number of nitro groups is 1. The summed E-state index contributed by atoms with van der Waals surface area (Å²) in [5.74, 6) is 1.39. The van der Waals surface area contributed by atoms with Crippen LogP contribution in [0, 0.1) is 15.9 Å². The molecule has 1 aromatic heterocycles. The van der Waals surface area contributed by atoms with Crippen LogP contribution in [0.5, 0.6) is 0 Å². The predicted octanol–water partition coefficient (Wildman–Crippen LogP) is 3.87. The van der Waals surface area contributed by atoms with Crippen molar-refractivity contribution in [1.29, 1.82) is 0 Å². The maximum Gasteiger partial charge on any atom is 0.269 e. The van der Waals surface area contributed by atoms with E-state index in [2.05, 4.69) is 6.08 Å². The fourth-order valence-electron chi connectivity index (χ4n) is 3.49. The first kappa shape index (κ1) is 18.1. The van der Waals surface area contributed by atoms with Crippen LogP contribution in [0.15, 0.2) is 71.2 Å². The van der Waals surface area contributed by atoms with E-state index in [1.54, 1.807) is 12.1 Å². The smallest absolute Gasteiger partial charge is 0.269 e. The third kappa shape index (κ3) is 4.02. The van der Waals surface area contributed by atoms with Crippen LogP contribution in [0.1, 0.15) is 17.7 Å². The van der Waals surface area contributed by atoms with Gasteiger partial charge in [0.05, 0.1) is 18.0 Å². The van der Waals surface area contributed by atoms with Crippen LogP contribution in [-0.2, 0) is 6.54 Å². The number of halogens is 1. The summed E-state index contributed by atoms with van der Waals surface area (Å²) in [6.07, 6.45) is 3.16. The lowest BCUT2D eigenvalue weighted by Gasteiger charge is -2.23. The van der Waals surface area contributed by atoms with E-state index < -0.39 is 4.92 Å². The van der Waals surface area contributed by atoms with Crippen molar-refractivity contribution in [3.05, 3.63) is 94.0 Å². The Morgan fingerprint density at radius 1 is 1.00 bits per heavy atom. The molecule has 1 atom stereocenters. The fourth-order valence-corrected chi connectivity index (χ4v) is 3.49. The Balaban J connectivity index is 1.39. The van der Waals surface area contributed by atoms with Gasteiger partial charge >= 0.3 is 0 Å². The Morgan fingerprint density at radius 2 is 1.71 bits per heavy atom. The normalized spacial score (nSPS) is 16.6. The van der Waals surface area contributed by atoms with Crippen molar-refractivity contribution >= 4 is 11.3 Å². The molecule has 5 nitrogen and oxygen atoms in total. The van der Waals surface area contributed by atoms with E-state index in [9.17, 15) is 14.5 Å². The highest BCUT2D eigenvalue weighted by atomic mass is 19.1. The van der Waals surface area contributed by atoms with Gasteiger partial charge in [-0.15, -0.1) is 0 Å². The van der Waals surface area contributed by atoms with E-state index in [1.807, 2.05) is 24.3 Å². The van der Waals surface area contributed by atoms with Crippen LogP contribution < -0.4 is 4.90 Å². The molecule has 0 aliphatic carbocycles. The van der Waals surface area contributed by atoms with Gasteiger partial charge in [0.1, 0.15) is 18.1 Å². The van der Waals surface area contributed by atoms with Crippen molar-refractivity contribution in [2.24, 2.45) is 0 Å². The van der Waals surface area contributed by atoms with E-state index >= 15 is 0 Å². The molecule has 28 heavy (non-hydrogen) atoms. The summed E-state index contributed by atoms with van der Waals surface area (Å²) in [7, 11) is 0. The number of furan rings is 1. The van der Waals surface area contributed by atoms with Gasteiger partial charge in [0.2, 0.25) is 0 Å². The van der Waals surface area contributed by atoms with Crippen molar-refractivity contribution in [2.75, 3.05) is 13.1 Å². The molecule has 1 aliphatic heterocycles. The first-order chi connectivity index (χ1) is 13.6. The second-order valence-corrected chi connectivity index (χ2v) is 6.94. The monoisotopic (exact) mass is 379 g/mol. The standard InChI is InChI=1S/C22H19FN2O3/c23-19-5-1-16(2-6-19)17-11-13-24(14-12-17)15-21-9-10-22(28-21)18-3-7-20(8-4-18)25(26)27/h1-11H,12-15H2/p+1. The van der Waals surface area contributed by atoms with E-state index in [0.29, 0.717) is 5.76 Å². The predicted molar refractivity (Wildman–Crippen MR) is 104 cm³/mol. The molecule has 3 aromatic rings. The maximum atomic E-state index is 13.1. The molecular weight excluding hydrogens is 359 g/mol. The van der Waals surface area contributed by atoms with Crippen LogP contribution >= 0.6 is 0 Å². The molecule has 0 spiro atoms. The van der Waals surface area contributed by atoms with Gasteiger partial charge in [-0.25, -0.2) is 4.39 Å². The number of quaternary nitrogens is 1. The van der Waals surface area contributed by atoms with Crippen molar-refractivity contribution in [2.45, 2.75) is 13.0 Å². The highest BCUT2D eigenvalue weighted by molar-refractivity contribution is 5.66. The number of nitro benzene ring substituents is 1. The largest absolute Gasteiger partial charge is 0.455 e. The molecule has 1 unspecified atom stereocenters. The number of nitrogens with zero attached hydrogens (tertiary/aromatic N) is 1. The third-order valence-electron chi connectivity index (χ3n) is 5.05. The Kier molecular flexibility index (Phi) is 5.04. The quantitative estimate of drug-likeness (QED) is 0.541. The first-order valence-corrected chi connectivity index (χ1v) is 9.20. The van der Waals surface area contributed by atoms with Gasteiger partial charge in [-0.1, -0.05) is 12.1 Å². The van der Waals surface area contributed by atoms with Gasteiger partial charge in [-0.05, 0) is 53.6 Å². The Morgan fingerprint density at radius 3 is 2.36 bits per heavy atom. The molecule has 142 valence electrons. The third-order valence-corrected chi connectivity index (χ3v) is 5.05. The minimum atomic E-state index is -0.412. The molecule has 0 amide bonds. The number of hydrogen-bond acceptors (Lipinski definition) is 3. The number of hydrogen-bond donors (Lipinski definition) is 1. The van der Waals surface area contributed by atoms with Gasteiger partial charge in [0.25, 0.3) is 5.69 Å². The molecule has 0 fully saturated rings. The summed E-state index contributed by atoms with van der Waals surface area (Å²) in [4.78, 5) is 11.7. The van der Waals surface area contributed by atoms with E-state index in [4.69, 9.17) is 4.42 Å². The lowest BCUT2D eigenvalue weighted by Crippen LogP contribution is -3.11. The van der Waals surface area contributed by atoms with E-state index in [-0.39, 0.29) is 11.5 Å². The van der Waals surface area contributed by atoms with Crippen LogP contribution in [-0.4, -0.2) is 18.0 Å². The number of non-ortho nitro benzene ring substituents is 1. The minimum absolute atomic E-state index is 0.0667. The first-order valence-electron chi connectivity index (χ1n) is 9.20. The highest BCUT2D eigenvalue weighted by Gasteiger charge is 2.18. The lowest BCUT2D eigenvalue weighted by molar-refractivity contribution is -0.909. The summed E-state index contributed by atoms with van der Waals surface area (Å²) in [5, 5.41) is 10.8. The maximum absolute atomic E-state index is 13.1. The number of nitrogens with one attached hydrogen (secondary N) is 1. The molecule has 0 saturated carbocycles. The van der Waals surface area contributed by atoms with Crippen molar-refractivity contribution in [3.8, 4) is 11.3 Å². The summed E-state index contributed by atoms with van der Waals surface area (Å²) >= 11 is 0. The minimum Gasteiger partial charge on any atom is -0.455 e. The molecule has 1 N–H and O–H groups in total. The van der Waals surface area contributed by atoms with Gasteiger partial charge in [0.15, 0.2) is 5.76 Å². The average Bonchev–Trinajstić information content (AvgIpc) is 3.18. The fraction of sp³-hybridized carbons (Fsp3) is 0.182. The second kappa shape index (κ2) is 7.78. The molecule has 2 aromatic carbocycles. The molecule has 0 saturated heterocycles. The molecule has 1 aliphatic rings. The number of rotatable bonds is 5. The molecule has 6 heteroatoms. The van der Waals surface area contributed by atoms with Crippen LogP contribution in [0.25, 0.3) is 16.9 Å². The SMILES string of the molecule is O=[N+]([O-])c1ccc(-c2ccc(C[NH+]3CC=C(c4ccc(F)cc4)CC3)o2)cc1. The van der Waals surface area contributed by atoms with Crippen LogP contribution in [0.4, 0.5) is 10.1 Å². The molecular formula is C22H20FN2O3+. The molecule has 0 bridgehead atoms. The summed E-state index contributed by atoms with van der Waals surface area (Å²) in [6.45, 7) is 2.65. The molecule has 4 rings (SSSR count). The van der Waals surface area contributed by atoms with Crippen molar-refractivity contribution in [3.63, 3.8) is 0 Å². The Labute approximate surface area is 161 Å². The zero-order valence-electron chi connectivity index (χ0n) is 15.2. The zero-order valence-corrected chi connectivity index (χ0v) is 15.2. The van der Waals surface area contributed by atoms with Gasteiger partial charge < -0.3 is 9.32 Å². The van der Waals surface area contributed by atoms with Crippen LogP contribution in [0.3, 0.4) is 0 Å². The highest BCUT2D eigenvalue weighted by Crippen LogP contribution is 2.24. The number of benzene rings is 2. The second-order valence-electron chi connectivity index (χ2n) is 6.94. The van der Waals surface area contributed by atoms with Gasteiger partial charge in [0, 0.05) is 24.1 Å². The van der Waals surface area contributed by atoms with Crippen molar-refractivity contribution in [1.82, 2.24) is 0 Å². The van der Waals surface area contributed by atoms with Gasteiger partial charge in [-0.2, -0.15) is 0 Å². The molecule has 0 radical (unpaired) electrons. The Hall–Kier alpha value is -3.25. The Bertz CT molecular complexity index is 1010. The summed E-state index contributed by atoms with van der Waals surface area (Å²) in [6, 6.07) is 16.9. The lowest BCUT2D eigenvalue weighted by atomic mass is 9.99. The summed E-state index contributed by atoms with van der Waals surface area (Å²) < 4.78 is 19.0. The van der Waals surface area contributed by atoms with Crippen LogP contribution in [0.2, 0.25) is 0 Å². The van der Waals surface area contributed by atoms with E-state index in [1.165, 1.54) is 34.7 Å².